The van der Waals surface area contributed by atoms with Gasteiger partial charge in [0.25, 0.3) is 0 Å². The van der Waals surface area contributed by atoms with Crippen LogP contribution in [0.3, 0.4) is 0 Å². The van der Waals surface area contributed by atoms with Crippen LogP contribution in [0.5, 0.6) is 0 Å². The van der Waals surface area contributed by atoms with Gasteiger partial charge in [-0.15, -0.1) is 0 Å². The van der Waals surface area contributed by atoms with Gasteiger partial charge in [-0.1, -0.05) is 0 Å². The van der Waals surface area contributed by atoms with Crippen molar-refractivity contribution in [1.82, 2.24) is 0 Å². The second-order valence-electron chi connectivity index (χ2n) is 4.13. The van der Waals surface area contributed by atoms with E-state index in [1.165, 1.54) is 0 Å². The monoisotopic (exact) mass is 373 g/mol. The van der Waals surface area contributed by atoms with Gasteiger partial charge in [-0.3, -0.25) is 19.2 Å². The van der Waals surface area contributed by atoms with Crippen molar-refractivity contribution in [3.63, 3.8) is 0 Å². The molecule has 0 radical (unpaired) electrons. The highest BCUT2D eigenvalue weighted by Crippen LogP contribution is 1.93. The molecule has 0 rings (SSSR count). The van der Waals surface area contributed by atoms with Crippen LogP contribution in [0.2, 0.25) is 0 Å². The zero-order chi connectivity index (χ0) is 19.9. The maximum Gasteiger partial charge on any atom is 0.322 e. The predicted octanol–water partition coefficient (Wildman–Crippen LogP) is -3.02. The van der Waals surface area contributed by atoms with Crippen LogP contribution < -0.4 is 17.2 Å². The van der Waals surface area contributed by atoms with Crippen molar-refractivity contribution >= 4 is 36.5 Å². The number of aliphatic carboxylic acids is 4. The average Bonchev–Trinajstić information content (AvgIpc) is 2.51. The number of hydrogen-bond acceptors (Lipinski definition) is 9. The molecule has 0 unspecified atom stereocenters. The van der Waals surface area contributed by atoms with Gasteiger partial charge in [-0.2, -0.15) is 12.6 Å². The maximum absolute atomic E-state index is 9.99. The molecule has 0 heterocycles. The number of nitrogens with two attached hydrogens (primary N) is 3. The molecule has 11 N–H and O–H groups in total. The molecule has 0 aromatic rings. The number of aliphatic hydroxyl groups excluding tert-OH is 1. The first-order chi connectivity index (χ1) is 10.9. The Bertz CT molecular complexity index is 388. The Morgan fingerprint density at radius 2 is 1.17 bits per heavy atom. The minimum Gasteiger partial charge on any atom is -0.481 e. The molecular formula is C11H23N3O9S. The van der Waals surface area contributed by atoms with Gasteiger partial charge in [0, 0.05) is 12.2 Å². The summed E-state index contributed by atoms with van der Waals surface area (Å²) in [6.07, 6.45) is -0.224. The third kappa shape index (κ3) is 20.1. The van der Waals surface area contributed by atoms with E-state index in [-0.39, 0.29) is 18.6 Å². The summed E-state index contributed by atoms with van der Waals surface area (Å²) in [5, 5.41) is 40.2. The van der Waals surface area contributed by atoms with E-state index < -0.39 is 48.6 Å². The number of carboxylic acids is 4. The Morgan fingerprint density at radius 1 is 0.792 bits per heavy atom. The lowest BCUT2D eigenvalue weighted by atomic mass is 10.2. The summed E-state index contributed by atoms with van der Waals surface area (Å²) in [5.41, 5.74) is 14.7. The molecule has 0 bridgehead atoms. The van der Waals surface area contributed by atoms with Crippen molar-refractivity contribution < 1.29 is 44.7 Å². The molecule has 0 aromatic carbocycles. The lowest BCUT2D eigenvalue weighted by Crippen LogP contribution is -2.33. The van der Waals surface area contributed by atoms with Gasteiger partial charge in [0.1, 0.15) is 18.1 Å². The highest BCUT2D eigenvalue weighted by Gasteiger charge is 2.12. The number of hydrogen-bond donors (Lipinski definition) is 9. The van der Waals surface area contributed by atoms with E-state index in [1.807, 2.05) is 0 Å². The van der Waals surface area contributed by atoms with Crippen molar-refractivity contribution in [3.05, 3.63) is 0 Å². The van der Waals surface area contributed by atoms with E-state index in [0.29, 0.717) is 0 Å². The Balaban J connectivity index is -0.000000283. The van der Waals surface area contributed by atoms with Crippen LogP contribution in [0, 0.1) is 0 Å². The summed E-state index contributed by atoms with van der Waals surface area (Å²) in [4.78, 5) is 39.3. The van der Waals surface area contributed by atoms with Crippen LogP contribution in [0.4, 0.5) is 0 Å². The van der Waals surface area contributed by atoms with Crippen molar-refractivity contribution in [2.24, 2.45) is 17.2 Å². The molecular weight excluding hydrogens is 350 g/mol. The molecule has 13 heteroatoms. The molecule has 0 saturated carbocycles. The Kier molecular flexibility index (Phi) is 17.9. The second kappa shape index (κ2) is 15.9. The second-order valence-corrected chi connectivity index (χ2v) is 4.50. The normalized spacial score (nSPS) is 13.0. The number of thiol groups is 1. The Hall–Kier alpha value is -1.93. The van der Waals surface area contributed by atoms with Gasteiger partial charge in [0.05, 0.1) is 6.61 Å². The van der Waals surface area contributed by atoms with E-state index in [9.17, 15) is 19.2 Å². The fraction of sp³-hybridized carbons (Fsp3) is 0.636. The SMILES string of the molecule is N[C@@H](CCC(=O)O)C(=O)O.N[C@@H](CO)C(=O)O.N[C@@H](CS)C(=O)O. The van der Waals surface area contributed by atoms with Crippen LogP contribution in [0.1, 0.15) is 12.8 Å². The maximum atomic E-state index is 9.99. The average molecular weight is 373 g/mol. The minimum atomic E-state index is -1.18. The number of aliphatic hydroxyl groups is 1. The third-order valence-electron chi connectivity index (χ3n) is 2.01. The molecule has 0 fully saturated rings. The smallest absolute Gasteiger partial charge is 0.322 e. The first-order valence-corrected chi connectivity index (χ1v) is 6.92. The molecule has 142 valence electrons. The number of carbonyl (C=O) groups is 4. The first-order valence-electron chi connectivity index (χ1n) is 6.29. The topological polar surface area (TPSA) is 247 Å². The van der Waals surface area contributed by atoms with E-state index in [0.717, 1.165) is 0 Å². The van der Waals surface area contributed by atoms with Gasteiger partial charge in [0.2, 0.25) is 0 Å². The highest BCUT2D eigenvalue weighted by atomic mass is 32.1. The van der Waals surface area contributed by atoms with Crippen LogP contribution in [-0.4, -0.2) is 79.9 Å². The number of carboxylic acid groups (broad SMARTS) is 4. The molecule has 12 nitrogen and oxygen atoms in total. The van der Waals surface area contributed by atoms with E-state index in [1.54, 1.807) is 0 Å². The van der Waals surface area contributed by atoms with E-state index in [4.69, 9.17) is 42.7 Å². The predicted molar refractivity (Wildman–Crippen MR) is 84.6 cm³/mol. The largest absolute Gasteiger partial charge is 0.481 e. The molecule has 0 aromatic heterocycles. The lowest BCUT2D eigenvalue weighted by Gasteiger charge is -2.01. The zero-order valence-electron chi connectivity index (χ0n) is 12.6. The summed E-state index contributed by atoms with van der Waals surface area (Å²) >= 11 is 3.65. The fourth-order valence-corrected chi connectivity index (χ4v) is 0.715. The highest BCUT2D eigenvalue weighted by molar-refractivity contribution is 7.80. The van der Waals surface area contributed by atoms with Crippen LogP contribution in [-0.2, 0) is 19.2 Å². The van der Waals surface area contributed by atoms with Crippen LogP contribution in [0.15, 0.2) is 0 Å². The van der Waals surface area contributed by atoms with Crippen molar-refractivity contribution in [2.45, 2.75) is 31.0 Å². The van der Waals surface area contributed by atoms with Crippen molar-refractivity contribution in [1.29, 1.82) is 0 Å². The zero-order valence-corrected chi connectivity index (χ0v) is 13.5. The van der Waals surface area contributed by atoms with Gasteiger partial charge in [0.15, 0.2) is 0 Å². The summed E-state index contributed by atoms with van der Waals surface area (Å²) < 4.78 is 0. The lowest BCUT2D eigenvalue weighted by molar-refractivity contribution is -0.141. The van der Waals surface area contributed by atoms with Crippen LogP contribution in [0.25, 0.3) is 0 Å². The summed E-state index contributed by atoms with van der Waals surface area (Å²) in [6.45, 7) is -0.505. The number of rotatable bonds is 8. The Labute approximate surface area is 142 Å². The van der Waals surface area contributed by atoms with E-state index >= 15 is 0 Å². The molecule has 0 spiro atoms. The van der Waals surface area contributed by atoms with Crippen LogP contribution >= 0.6 is 12.6 Å². The molecule has 0 aliphatic rings. The molecule has 0 aliphatic carbocycles. The van der Waals surface area contributed by atoms with Gasteiger partial charge in [-0.05, 0) is 6.42 Å². The first kappa shape index (κ1) is 26.9. The summed E-state index contributed by atoms with van der Waals surface area (Å²) in [5.74, 6) is -4.19. The molecule has 24 heavy (non-hydrogen) atoms. The van der Waals surface area contributed by atoms with E-state index in [2.05, 4.69) is 12.6 Å². The molecule has 0 amide bonds. The Morgan fingerprint density at radius 3 is 1.29 bits per heavy atom. The van der Waals surface area contributed by atoms with Gasteiger partial charge >= 0.3 is 23.9 Å². The molecule has 3 atom stereocenters. The van der Waals surface area contributed by atoms with Crippen molar-refractivity contribution in [3.8, 4) is 0 Å². The quantitative estimate of drug-likeness (QED) is 0.193. The summed E-state index contributed by atoms with van der Waals surface area (Å²) in [7, 11) is 0. The molecule has 0 saturated heterocycles. The minimum absolute atomic E-state index is 0.0231. The standard InChI is InChI=1S/C5H9NO4.C3H7NO3.C3H7NO2S/c6-3(5(9)10)1-2-4(7)8;4-2(1-5)3(6)7;4-2(1-7)3(5)6/h3H,1-2,6H2,(H,7,8)(H,9,10);2,5H,1,4H2,(H,6,7);2,7H,1,4H2,(H,5,6)/t3-;2*2-/m000/s1. The van der Waals surface area contributed by atoms with Gasteiger partial charge < -0.3 is 42.7 Å². The molecule has 0 aliphatic heterocycles. The summed E-state index contributed by atoms with van der Waals surface area (Å²) in [6, 6.07) is -3.00. The van der Waals surface area contributed by atoms with Gasteiger partial charge in [-0.25, -0.2) is 0 Å². The third-order valence-corrected chi connectivity index (χ3v) is 2.41. The fourth-order valence-electron chi connectivity index (χ4n) is 0.559. The van der Waals surface area contributed by atoms with Crippen molar-refractivity contribution in [2.75, 3.05) is 12.4 Å².